The second-order valence-corrected chi connectivity index (χ2v) is 5.82. The van der Waals surface area contributed by atoms with Gasteiger partial charge in [0.05, 0.1) is 23.9 Å². The Bertz CT molecular complexity index is 461. The van der Waals surface area contributed by atoms with Gasteiger partial charge in [0.2, 0.25) is 11.8 Å². The van der Waals surface area contributed by atoms with E-state index >= 15 is 0 Å². The Kier molecular flexibility index (Phi) is 5.08. The van der Waals surface area contributed by atoms with Gasteiger partial charge in [-0.15, -0.1) is 11.8 Å². The van der Waals surface area contributed by atoms with E-state index in [1.54, 1.807) is 11.2 Å². The zero-order valence-electron chi connectivity index (χ0n) is 11.7. The number of likely N-dealkylation sites (N-methyl/N-ethyl adjacent to an activating group) is 1. The number of rotatable bonds is 6. The molecule has 1 aromatic heterocycles. The average molecular weight is 297 g/mol. The molecule has 1 aliphatic heterocycles. The largest absolute Gasteiger partial charge is 0.468 e. The molecule has 0 aliphatic carbocycles. The van der Waals surface area contributed by atoms with Gasteiger partial charge in [-0.2, -0.15) is 0 Å². The third kappa shape index (κ3) is 3.77. The van der Waals surface area contributed by atoms with Crippen molar-refractivity contribution in [3.63, 3.8) is 0 Å². The van der Waals surface area contributed by atoms with E-state index in [0.29, 0.717) is 18.2 Å². The third-order valence-corrected chi connectivity index (χ3v) is 4.09. The van der Waals surface area contributed by atoms with Crippen LogP contribution in [0.15, 0.2) is 22.8 Å². The Balaban J connectivity index is 1.83. The molecule has 0 bridgehead atoms. The lowest BCUT2D eigenvalue weighted by Crippen LogP contribution is -2.41. The molecule has 2 heterocycles. The molecule has 0 radical (unpaired) electrons. The number of furan rings is 1. The number of carbonyl (C=O) groups excluding carboxylic acids is 2. The fourth-order valence-corrected chi connectivity index (χ4v) is 2.90. The van der Waals surface area contributed by atoms with Crippen molar-refractivity contribution in [3.8, 4) is 0 Å². The first-order valence-corrected chi connectivity index (χ1v) is 7.55. The Labute approximate surface area is 122 Å². The molecule has 2 amide bonds. The summed E-state index contributed by atoms with van der Waals surface area (Å²) in [5.74, 6) is 1.77. The molecule has 6 nitrogen and oxygen atoms in total. The zero-order valence-corrected chi connectivity index (χ0v) is 12.5. The van der Waals surface area contributed by atoms with Crippen molar-refractivity contribution in [2.75, 3.05) is 38.8 Å². The van der Waals surface area contributed by atoms with Gasteiger partial charge in [-0.1, -0.05) is 0 Å². The van der Waals surface area contributed by atoms with E-state index in [4.69, 9.17) is 4.42 Å². The summed E-state index contributed by atoms with van der Waals surface area (Å²) in [6.45, 7) is 0.582. The minimum absolute atomic E-state index is 0.0161. The van der Waals surface area contributed by atoms with E-state index in [-0.39, 0.29) is 24.4 Å². The molecule has 1 N–H and O–H groups in total. The van der Waals surface area contributed by atoms with Crippen LogP contribution in [0.4, 0.5) is 0 Å². The zero-order chi connectivity index (χ0) is 14.5. The molecule has 20 heavy (non-hydrogen) atoms. The van der Waals surface area contributed by atoms with Crippen molar-refractivity contribution in [2.24, 2.45) is 0 Å². The normalized spacial score (nSPS) is 16.8. The van der Waals surface area contributed by atoms with Crippen LogP contribution in [0.3, 0.4) is 0 Å². The van der Waals surface area contributed by atoms with Gasteiger partial charge in [0.1, 0.15) is 12.3 Å². The summed E-state index contributed by atoms with van der Waals surface area (Å²) in [4.78, 5) is 26.9. The second-order valence-electron chi connectivity index (χ2n) is 4.87. The molecule has 1 saturated heterocycles. The van der Waals surface area contributed by atoms with Crippen molar-refractivity contribution in [2.45, 2.75) is 6.04 Å². The number of thioether (sulfide) groups is 1. The molecule has 1 unspecified atom stereocenters. The number of nitrogens with zero attached hydrogens (tertiary/aromatic N) is 2. The van der Waals surface area contributed by atoms with Crippen LogP contribution in [-0.4, -0.2) is 60.4 Å². The number of hydrogen-bond acceptors (Lipinski definition) is 5. The van der Waals surface area contributed by atoms with E-state index in [2.05, 4.69) is 5.32 Å². The van der Waals surface area contributed by atoms with Gasteiger partial charge < -0.3 is 14.6 Å². The van der Waals surface area contributed by atoms with Crippen LogP contribution in [0.5, 0.6) is 0 Å². The van der Waals surface area contributed by atoms with E-state index in [1.165, 1.54) is 11.8 Å². The molecule has 2 rings (SSSR count). The van der Waals surface area contributed by atoms with Crippen LogP contribution in [0, 0.1) is 0 Å². The van der Waals surface area contributed by atoms with Gasteiger partial charge in [0, 0.05) is 6.54 Å². The Morgan fingerprint density at radius 1 is 1.60 bits per heavy atom. The molecule has 1 aliphatic rings. The molecule has 0 aromatic carbocycles. The molecule has 7 heteroatoms. The van der Waals surface area contributed by atoms with Crippen LogP contribution in [0.25, 0.3) is 0 Å². The molecule has 1 atom stereocenters. The van der Waals surface area contributed by atoms with Gasteiger partial charge in [-0.25, -0.2) is 0 Å². The molecule has 1 aromatic rings. The maximum Gasteiger partial charge on any atom is 0.239 e. The molecule has 0 saturated carbocycles. The Morgan fingerprint density at radius 2 is 2.40 bits per heavy atom. The summed E-state index contributed by atoms with van der Waals surface area (Å²) < 4.78 is 5.38. The van der Waals surface area contributed by atoms with Crippen molar-refractivity contribution in [1.29, 1.82) is 0 Å². The first-order chi connectivity index (χ1) is 9.58. The molecule has 110 valence electrons. The smallest absolute Gasteiger partial charge is 0.239 e. The maximum atomic E-state index is 11.9. The summed E-state index contributed by atoms with van der Waals surface area (Å²) >= 11 is 1.53. The Morgan fingerprint density at radius 3 is 2.95 bits per heavy atom. The predicted octanol–water partition coefficient (Wildman–Crippen LogP) is 0.531. The van der Waals surface area contributed by atoms with Gasteiger partial charge in [-0.05, 0) is 26.2 Å². The minimum atomic E-state index is -0.140. The molecule has 0 spiro atoms. The van der Waals surface area contributed by atoms with E-state index in [0.717, 1.165) is 5.76 Å². The molecular weight excluding hydrogens is 278 g/mol. The van der Waals surface area contributed by atoms with Crippen LogP contribution in [0.1, 0.15) is 11.8 Å². The Hall–Kier alpha value is -1.47. The van der Waals surface area contributed by atoms with Crippen molar-refractivity contribution in [1.82, 2.24) is 15.1 Å². The minimum Gasteiger partial charge on any atom is -0.468 e. The standard InChI is InChI=1S/C13H19N3O3S/c1-15(2)10(11-4-3-5-19-11)6-14-12(17)7-16-9-20-8-13(16)18/h3-5,10H,6-9H2,1-2H3,(H,14,17). The van der Waals surface area contributed by atoms with E-state index in [1.807, 2.05) is 31.1 Å². The summed E-state index contributed by atoms with van der Waals surface area (Å²) in [6.07, 6.45) is 1.62. The summed E-state index contributed by atoms with van der Waals surface area (Å²) in [6, 6.07) is 3.70. The van der Waals surface area contributed by atoms with Crippen LogP contribution in [0.2, 0.25) is 0 Å². The SMILES string of the molecule is CN(C)C(CNC(=O)CN1CSCC1=O)c1ccco1. The van der Waals surface area contributed by atoms with E-state index < -0.39 is 0 Å². The third-order valence-electron chi connectivity index (χ3n) is 3.15. The second kappa shape index (κ2) is 6.81. The summed E-state index contributed by atoms with van der Waals surface area (Å²) in [5.41, 5.74) is 0. The highest BCUT2D eigenvalue weighted by Crippen LogP contribution is 2.18. The monoisotopic (exact) mass is 297 g/mol. The van der Waals surface area contributed by atoms with Crippen molar-refractivity contribution < 1.29 is 14.0 Å². The predicted molar refractivity (Wildman–Crippen MR) is 77.2 cm³/mol. The summed E-state index contributed by atoms with van der Waals surface area (Å²) in [5, 5.41) is 2.86. The fraction of sp³-hybridized carbons (Fsp3) is 0.538. The topological polar surface area (TPSA) is 65.8 Å². The van der Waals surface area contributed by atoms with Gasteiger partial charge in [0.15, 0.2) is 0 Å². The van der Waals surface area contributed by atoms with Crippen LogP contribution < -0.4 is 5.32 Å². The lowest BCUT2D eigenvalue weighted by molar-refractivity contribution is -0.132. The first-order valence-electron chi connectivity index (χ1n) is 6.40. The van der Waals surface area contributed by atoms with Gasteiger partial charge >= 0.3 is 0 Å². The molecular formula is C13H19N3O3S. The number of nitrogens with one attached hydrogen (secondary N) is 1. The highest BCUT2D eigenvalue weighted by Gasteiger charge is 2.24. The molecule has 1 fully saturated rings. The number of hydrogen-bond donors (Lipinski definition) is 1. The highest BCUT2D eigenvalue weighted by molar-refractivity contribution is 8.00. The number of carbonyl (C=O) groups is 2. The van der Waals surface area contributed by atoms with E-state index in [9.17, 15) is 9.59 Å². The average Bonchev–Trinajstić information content (AvgIpc) is 3.02. The quantitative estimate of drug-likeness (QED) is 0.830. The highest BCUT2D eigenvalue weighted by atomic mass is 32.2. The van der Waals surface area contributed by atoms with Crippen molar-refractivity contribution >= 4 is 23.6 Å². The lowest BCUT2D eigenvalue weighted by atomic mass is 10.2. The number of amides is 2. The van der Waals surface area contributed by atoms with Gasteiger partial charge in [-0.3, -0.25) is 14.5 Å². The lowest BCUT2D eigenvalue weighted by Gasteiger charge is -2.23. The fourth-order valence-electron chi connectivity index (χ4n) is 2.00. The van der Waals surface area contributed by atoms with Crippen LogP contribution >= 0.6 is 11.8 Å². The van der Waals surface area contributed by atoms with Crippen LogP contribution in [-0.2, 0) is 9.59 Å². The maximum absolute atomic E-state index is 11.9. The van der Waals surface area contributed by atoms with Crippen molar-refractivity contribution in [3.05, 3.63) is 24.2 Å². The first kappa shape index (κ1) is 14.9. The van der Waals surface area contributed by atoms with Gasteiger partial charge in [0.25, 0.3) is 0 Å². The summed E-state index contributed by atoms with van der Waals surface area (Å²) in [7, 11) is 3.86.